The van der Waals surface area contributed by atoms with Gasteiger partial charge in [-0.3, -0.25) is 9.59 Å². The van der Waals surface area contributed by atoms with Gasteiger partial charge in [-0.25, -0.2) is 0 Å². The minimum Gasteiger partial charge on any atom is -0.466 e. The Morgan fingerprint density at radius 3 is 2.90 bits per heavy atom. The van der Waals surface area contributed by atoms with Crippen LogP contribution < -0.4 is 0 Å². The number of hydrogen-bond donors (Lipinski definition) is 0. The number of nitrogens with zero attached hydrogens (tertiary/aromatic N) is 1. The summed E-state index contributed by atoms with van der Waals surface area (Å²) in [7, 11) is 0. The third kappa shape index (κ3) is 2.05. The Labute approximate surface area is 120 Å². The lowest BCUT2D eigenvalue weighted by molar-refractivity contribution is -0.151. The van der Waals surface area contributed by atoms with Crippen molar-refractivity contribution in [3.8, 4) is 0 Å². The summed E-state index contributed by atoms with van der Waals surface area (Å²) in [5.41, 5.74) is 0.00123. The summed E-state index contributed by atoms with van der Waals surface area (Å²) in [6.07, 6.45) is 10.8. The Morgan fingerprint density at radius 1 is 1.40 bits per heavy atom. The Bertz CT molecular complexity index is 445. The second-order valence-corrected chi connectivity index (χ2v) is 6.22. The lowest BCUT2D eigenvalue weighted by Gasteiger charge is -2.53. The Hall–Kier alpha value is -1.32. The Morgan fingerprint density at radius 2 is 2.15 bits per heavy atom. The predicted octanol–water partition coefficient (Wildman–Crippen LogP) is 2.43. The van der Waals surface area contributed by atoms with Crippen molar-refractivity contribution in [2.24, 2.45) is 5.92 Å². The summed E-state index contributed by atoms with van der Waals surface area (Å²) in [6.45, 7) is 2.23. The molecule has 1 amide bonds. The second-order valence-electron chi connectivity index (χ2n) is 6.22. The molecule has 0 N–H and O–H groups in total. The van der Waals surface area contributed by atoms with Gasteiger partial charge in [0.25, 0.3) is 0 Å². The molecule has 0 aromatic carbocycles. The van der Waals surface area contributed by atoms with Crippen LogP contribution in [0.5, 0.6) is 0 Å². The van der Waals surface area contributed by atoms with E-state index >= 15 is 0 Å². The van der Waals surface area contributed by atoms with E-state index in [0.29, 0.717) is 18.9 Å². The van der Waals surface area contributed by atoms with Crippen molar-refractivity contribution in [1.82, 2.24) is 4.90 Å². The largest absolute Gasteiger partial charge is 0.466 e. The number of piperidine rings is 1. The van der Waals surface area contributed by atoms with Gasteiger partial charge in [0.1, 0.15) is 0 Å². The summed E-state index contributed by atoms with van der Waals surface area (Å²) < 4.78 is 5.07. The number of hydrogen-bond acceptors (Lipinski definition) is 3. The zero-order valence-electron chi connectivity index (χ0n) is 12.1. The van der Waals surface area contributed by atoms with Crippen LogP contribution in [0.2, 0.25) is 0 Å². The molecular weight excluding hydrogens is 254 g/mol. The van der Waals surface area contributed by atoms with Gasteiger partial charge in [-0.1, -0.05) is 12.5 Å². The summed E-state index contributed by atoms with van der Waals surface area (Å²) >= 11 is 0. The van der Waals surface area contributed by atoms with Crippen LogP contribution in [0.1, 0.15) is 51.9 Å². The molecule has 0 aromatic rings. The maximum absolute atomic E-state index is 12.4. The minimum atomic E-state index is -0.175. The third-order valence-corrected chi connectivity index (χ3v) is 5.22. The first-order valence-corrected chi connectivity index (χ1v) is 7.84. The summed E-state index contributed by atoms with van der Waals surface area (Å²) in [5.74, 6) is 0.411. The molecule has 4 nitrogen and oxygen atoms in total. The average Bonchev–Trinajstić information content (AvgIpc) is 2.81. The first-order valence-electron chi connectivity index (χ1n) is 7.84. The van der Waals surface area contributed by atoms with Gasteiger partial charge < -0.3 is 9.64 Å². The van der Waals surface area contributed by atoms with Crippen LogP contribution in [-0.2, 0) is 14.3 Å². The van der Waals surface area contributed by atoms with Crippen molar-refractivity contribution in [2.75, 3.05) is 6.61 Å². The maximum Gasteiger partial charge on any atom is 0.307 e. The molecule has 2 aliphatic heterocycles. The molecule has 20 heavy (non-hydrogen) atoms. The number of rotatable bonds is 3. The van der Waals surface area contributed by atoms with Crippen LogP contribution in [0.15, 0.2) is 12.2 Å². The number of ether oxygens (including phenoxy) is 1. The van der Waals surface area contributed by atoms with Crippen molar-refractivity contribution < 1.29 is 14.3 Å². The van der Waals surface area contributed by atoms with E-state index in [2.05, 4.69) is 6.08 Å². The standard InChI is InChI=1S/C16H23NO3/c1-2-20-15(19)11-13-6-4-10-16-9-3-5-12(16)7-8-14(18)17(13)16/h7-8,12-13H,2-6,9-11H2,1H3/t12-,13-,16+/m1/s1. The van der Waals surface area contributed by atoms with Gasteiger partial charge >= 0.3 is 5.97 Å². The van der Waals surface area contributed by atoms with Crippen molar-refractivity contribution in [2.45, 2.75) is 63.5 Å². The lowest BCUT2D eigenvalue weighted by atomic mass is 9.73. The molecule has 3 rings (SSSR count). The summed E-state index contributed by atoms with van der Waals surface area (Å²) in [4.78, 5) is 26.3. The van der Waals surface area contributed by atoms with Crippen LogP contribution in [0.25, 0.3) is 0 Å². The molecular formula is C16H23NO3. The smallest absolute Gasteiger partial charge is 0.307 e. The highest BCUT2D eigenvalue weighted by molar-refractivity contribution is 5.90. The molecule has 2 heterocycles. The fourth-order valence-electron chi connectivity index (χ4n) is 4.51. The van der Waals surface area contributed by atoms with E-state index in [4.69, 9.17) is 4.74 Å². The molecule has 3 atom stereocenters. The predicted molar refractivity (Wildman–Crippen MR) is 74.9 cm³/mol. The topological polar surface area (TPSA) is 46.6 Å². The number of esters is 1. The van der Waals surface area contributed by atoms with Gasteiger partial charge in [-0.05, 0) is 45.1 Å². The highest BCUT2D eigenvalue weighted by Gasteiger charge is 2.53. The van der Waals surface area contributed by atoms with Gasteiger partial charge in [0.05, 0.1) is 13.0 Å². The van der Waals surface area contributed by atoms with Crippen molar-refractivity contribution >= 4 is 11.9 Å². The number of amides is 1. The van der Waals surface area contributed by atoms with E-state index < -0.39 is 0 Å². The van der Waals surface area contributed by atoms with Gasteiger partial charge in [0.2, 0.25) is 5.91 Å². The molecule has 0 radical (unpaired) electrons. The SMILES string of the molecule is CCOC(=O)C[C@H]1CCC[C@@]23CCC[C@@H]2C=CC(=O)N13. The highest BCUT2D eigenvalue weighted by atomic mass is 16.5. The van der Waals surface area contributed by atoms with Crippen LogP contribution in [-0.4, -0.2) is 35.0 Å². The number of carbonyl (C=O) groups is 2. The average molecular weight is 277 g/mol. The van der Waals surface area contributed by atoms with Gasteiger partial charge in [-0.2, -0.15) is 0 Å². The van der Waals surface area contributed by atoms with E-state index in [1.165, 1.54) is 12.8 Å². The zero-order valence-corrected chi connectivity index (χ0v) is 12.1. The molecule has 1 aliphatic carbocycles. The van der Waals surface area contributed by atoms with Gasteiger partial charge in [-0.15, -0.1) is 0 Å². The van der Waals surface area contributed by atoms with Crippen LogP contribution in [0, 0.1) is 5.92 Å². The second kappa shape index (κ2) is 5.23. The molecule has 0 unspecified atom stereocenters. The van der Waals surface area contributed by atoms with Gasteiger partial charge in [0.15, 0.2) is 0 Å². The van der Waals surface area contributed by atoms with E-state index in [1.807, 2.05) is 11.8 Å². The van der Waals surface area contributed by atoms with Crippen LogP contribution in [0.4, 0.5) is 0 Å². The molecule has 110 valence electrons. The molecule has 0 bridgehead atoms. The third-order valence-electron chi connectivity index (χ3n) is 5.22. The van der Waals surface area contributed by atoms with E-state index in [-0.39, 0.29) is 23.5 Å². The van der Waals surface area contributed by atoms with Crippen LogP contribution in [0.3, 0.4) is 0 Å². The molecule has 1 saturated heterocycles. The van der Waals surface area contributed by atoms with Crippen LogP contribution >= 0.6 is 0 Å². The molecule has 4 heteroatoms. The minimum absolute atomic E-state index is 0.00123. The maximum atomic E-state index is 12.4. The fraction of sp³-hybridized carbons (Fsp3) is 0.750. The first kappa shape index (κ1) is 13.7. The lowest BCUT2D eigenvalue weighted by Crippen LogP contribution is -2.62. The van der Waals surface area contributed by atoms with E-state index in [0.717, 1.165) is 25.7 Å². The van der Waals surface area contributed by atoms with Gasteiger partial charge in [0, 0.05) is 17.5 Å². The first-order chi connectivity index (χ1) is 9.67. The molecule has 1 saturated carbocycles. The Balaban J connectivity index is 1.84. The molecule has 1 spiro atoms. The summed E-state index contributed by atoms with van der Waals surface area (Å²) in [6, 6.07) is 0.0286. The fourth-order valence-corrected chi connectivity index (χ4v) is 4.51. The number of carbonyl (C=O) groups excluding carboxylic acids is 2. The summed E-state index contributed by atoms with van der Waals surface area (Å²) in [5, 5.41) is 0. The Kier molecular flexibility index (Phi) is 3.57. The molecule has 2 fully saturated rings. The zero-order chi connectivity index (χ0) is 14.2. The van der Waals surface area contributed by atoms with E-state index in [1.54, 1.807) is 6.08 Å². The normalized spacial score (nSPS) is 35.6. The highest BCUT2D eigenvalue weighted by Crippen LogP contribution is 2.50. The molecule has 0 aromatic heterocycles. The molecule has 3 aliphatic rings. The van der Waals surface area contributed by atoms with E-state index in [9.17, 15) is 9.59 Å². The van der Waals surface area contributed by atoms with Crippen molar-refractivity contribution in [3.63, 3.8) is 0 Å². The monoisotopic (exact) mass is 277 g/mol. The van der Waals surface area contributed by atoms with Crippen molar-refractivity contribution in [1.29, 1.82) is 0 Å². The quantitative estimate of drug-likeness (QED) is 0.744. The van der Waals surface area contributed by atoms with Crippen molar-refractivity contribution in [3.05, 3.63) is 12.2 Å².